The Bertz CT molecular complexity index is 2040. The molecule has 156 valence electrons. The second-order valence-corrected chi connectivity index (χ2v) is 9.83. The van der Waals surface area contributed by atoms with Gasteiger partial charge in [0.15, 0.2) is 0 Å². The summed E-state index contributed by atoms with van der Waals surface area (Å²) in [5.74, 6) is 0. The van der Waals surface area contributed by atoms with E-state index >= 15 is 0 Å². The number of aryl methyl sites for hydroxylation is 1. The predicted octanol–water partition coefficient (Wildman–Crippen LogP) is 6.15. The fraction of sp³-hybridized carbons (Fsp3) is 0.0323. The lowest BCUT2D eigenvalue weighted by atomic mass is 9.45. The number of rotatable bonds is 0. The summed E-state index contributed by atoms with van der Waals surface area (Å²) in [5, 5.41) is 5.35. The van der Waals surface area contributed by atoms with Crippen molar-refractivity contribution in [1.82, 2.24) is 9.05 Å². The maximum atomic E-state index is 2.62. The van der Waals surface area contributed by atoms with E-state index < -0.39 is 0 Å². The molecule has 0 spiro atoms. The van der Waals surface area contributed by atoms with Crippen LogP contribution in [-0.4, -0.2) is 15.9 Å². The van der Waals surface area contributed by atoms with Gasteiger partial charge in [0.05, 0.1) is 11.0 Å². The van der Waals surface area contributed by atoms with Crippen molar-refractivity contribution >= 4 is 61.4 Å². The number of aromatic nitrogens is 2. The molecule has 0 saturated carbocycles. The Kier molecular flexibility index (Phi) is 2.86. The average molecular weight is 430 g/mol. The van der Waals surface area contributed by atoms with Crippen LogP contribution < -0.4 is 10.9 Å². The molecule has 0 saturated heterocycles. The highest BCUT2D eigenvalue weighted by Gasteiger charge is 2.41. The van der Waals surface area contributed by atoms with Crippen LogP contribution >= 0.6 is 0 Å². The Morgan fingerprint density at radius 1 is 0.588 bits per heavy atom. The topological polar surface area (TPSA) is 9.86 Å². The maximum absolute atomic E-state index is 2.62. The van der Waals surface area contributed by atoms with Gasteiger partial charge in [-0.3, -0.25) is 0 Å². The van der Waals surface area contributed by atoms with Gasteiger partial charge in [-0.05, 0) is 47.2 Å². The molecule has 9 rings (SSSR count). The average Bonchev–Trinajstić information content (AvgIpc) is 3.39. The molecule has 0 fully saturated rings. The van der Waals surface area contributed by atoms with Crippen molar-refractivity contribution in [1.29, 1.82) is 0 Å². The number of hydrogen-bond acceptors (Lipinski definition) is 0. The Morgan fingerprint density at radius 2 is 1.26 bits per heavy atom. The molecule has 34 heavy (non-hydrogen) atoms. The molecule has 2 nitrogen and oxygen atoms in total. The molecule has 7 aromatic rings. The molecule has 0 atom stereocenters. The Labute approximate surface area is 196 Å². The van der Waals surface area contributed by atoms with E-state index in [1.54, 1.807) is 0 Å². The summed E-state index contributed by atoms with van der Waals surface area (Å²) in [7, 11) is 0. The molecule has 0 bridgehead atoms. The molecule has 0 radical (unpaired) electrons. The third kappa shape index (κ3) is 1.78. The van der Waals surface area contributed by atoms with Crippen LogP contribution in [0, 0.1) is 6.92 Å². The number of para-hydroxylation sites is 4. The van der Waals surface area contributed by atoms with E-state index in [1.165, 1.54) is 76.9 Å². The molecule has 0 unspecified atom stereocenters. The first-order valence-electron chi connectivity index (χ1n) is 12.0. The molecular formula is C31H19BN2. The first-order valence-corrected chi connectivity index (χ1v) is 12.0. The molecule has 2 aliphatic rings. The van der Waals surface area contributed by atoms with Crippen molar-refractivity contribution in [3.8, 4) is 16.8 Å². The van der Waals surface area contributed by atoms with Crippen LogP contribution in [0.15, 0.2) is 97.1 Å². The van der Waals surface area contributed by atoms with Crippen molar-refractivity contribution in [3.05, 3.63) is 103 Å². The minimum Gasteiger partial charge on any atom is -0.375 e. The monoisotopic (exact) mass is 430 g/mol. The lowest BCUT2D eigenvalue weighted by Gasteiger charge is -2.34. The van der Waals surface area contributed by atoms with Crippen molar-refractivity contribution < 1.29 is 0 Å². The van der Waals surface area contributed by atoms with Crippen LogP contribution in [0.3, 0.4) is 0 Å². The van der Waals surface area contributed by atoms with E-state index in [4.69, 9.17) is 0 Å². The summed E-state index contributed by atoms with van der Waals surface area (Å²) in [4.78, 5) is 0. The fourth-order valence-corrected chi connectivity index (χ4v) is 6.95. The summed E-state index contributed by atoms with van der Waals surface area (Å²) in [5.41, 5.74) is 13.5. The third-order valence-electron chi connectivity index (χ3n) is 8.12. The first-order chi connectivity index (χ1) is 16.8. The van der Waals surface area contributed by atoms with Crippen LogP contribution in [0.25, 0.3) is 60.4 Å². The minimum atomic E-state index is 0.156. The van der Waals surface area contributed by atoms with Gasteiger partial charge in [0, 0.05) is 43.8 Å². The van der Waals surface area contributed by atoms with Crippen molar-refractivity contribution in [2.45, 2.75) is 6.92 Å². The third-order valence-corrected chi connectivity index (χ3v) is 8.12. The first kappa shape index (κ1) is 17.3. The van der Waals surface area contributed by atoms with E-state index in [-0.39, 0.29) is 6.85 Å². The molecule has 0 amide bonds. The molecule has 5 aromatic carbocycles. The molecule has 4 heterocycles. The molecule has 0 N–H and O–H groups in total. The second kappa shape index (κ2) is 5.63. The Balaban J connectivity index is 1.61. The lowest BCUT2D eigenvalue weighted by Crippen LogP contribution is -2.55. The second-order valence-electron chi connectivity index (χ2n) is 9.83. The molecule has 0 aliphatic carbocycles. The van der Waals surface area contributed by atoms with Crippen LogP contribution in [0.4, 0.5) is 0 Å². The van der Waals surface area contributed by atoms with Gasteiger partial charge >= 0.3 is 6.85 Å². The van der Waals surface area contributed by atoms with Gasteiger partial charge < -0.3 is 9.05 Å². The highest BCUT2D eigenvalue weighted by Crippen LogP contribution is 2.42. The molecule has 3 heteroatoms. The quantitative estimate of drug-likeness (QED) is 0.256. The zero-order valence-corrected chi connectivity index (χ0v) is 18.7. The lowest BCUT2D eigenvalue weighted by molar-refractivity contribution is 1.17. The normalized spacial score (nSPS) is 13.4. The number of hydrogen-bond donors (Lipinski definition) is 0. The largest absolute Gasteiger partial charge is 0.375 e. The molecule has 2 aromatic heterocycles. The van der Waals surface area contributed by atoms with Gasteiger partial charge in [-0.25, -0.2) is 0 Å². The highest BCUT2D eigenvalue weighted by molar-refractivity contribution is 6.90. The van der Waals surface area contributed by atoms with Crippen LogP contribution in [0.1, 0.15) is 5.56 Å². The van der Waals surface area contributed by atoms with Gasteiger partial charge in [0.25, 0.3) is 0 Å². The molecule has 2 aliphatic heterocycles. The van der Waals surface area contributed by atoms with Crippen molar-refractivity contribution in [2.24, 2.45) is 0 Å². The highest BCUT2D eigenvalue weighted by atomic mass is 15.0. The maximum Gasteiger partial charge on any atom is 0.333 e. The summed E-state index contributed by atoms with van der Waals surface area (Å²) in [6.45, 7) is 2.39. The van der Waals surface area contributed by atoms with E-state index in [0.29, 0.717) is 0 Å². The van der Waals surface area contributed by atoms with Gasteiger partial charge in [-0.2, -0.15) is 0 Å². The van der Waals surface area contributed by atoms with Crippen LogP contribution in [-0.2, 0) is 0 Å². The number of fused-ring (bicyclic) bond motifs is 10. The van der Waals surface area contributed by atoms with Crippen LogP contribution in [0.5, 0.6) is 0 Å². The zero-order valence-electron chi connectivity index (χ0n) is 18.7. The van der Waals surface area contributed by atoms with Gasteiger partial charge in [-0.1, -0.05) is 78.9 Å². The van der Waals surface area contributed by atoms with Crippen molar-refractivity contribution in [3.63, 3.8) is 0 Å². The Morgan fingerprint density at radius 3 is 2.12 bits per heavy atom. The summed E-state index contributed by atoms with van der Waals surface area (Å²) >= 11 is 0. The number of nitrogens with zero attached hydrogens (tertiary/aromatic N) is 2. The van der Waals surface area contributed by atoms with E-state index in [2.05, 4.69) is 113 Å². The van der Waals surface area contributed by atoms with E-state index in [0.717, 1.165) is 0 Å². The van der Waals surface area contributed by atoms with Gasteiger partial charge in [-0.15, -0.1) is 0 Å². The number of benzene rings is 5. The summed E-state index contributed by atoms with van der Waals surface area (Å²) < 4.78 is 5.15. The van der Waals surface area contributed by atoms with E-state index in [9.17, 15) is 0 Å². The summed E-state index contributed by atoms with van der Waals surface area (Å²) in [6.07, 6.45) is 0. The predicted molar refractivity (Wildman–Crippen MR) is 144 cm³/mol. The standard InChI is InChI=1S/C31H19BN2/c1-18-16-24-23-11-6-10-21-20-9-3-5-15-27(20)34(30(21)23)32-25-13-7-12-22-19-8-2-4-14-26(19)33(31(22)25)28(17-18)29(24)32/h2-17H,1H3. The molecular weight excluding hydrogens is 411 g/mol. The van der Waals surface area contributed by atoms with Gasteiger partial charge in [0.2, 0.25) is 0 Å². The summed E-state index contributed by atoms with van der Waals surface area (Å²) in [6, 6.07) is 36.3. The SMILES string of the molecule is Cc1cc2c3c(c1)-n1c4ccccc4c4cccc(c41)B3n1c3ccccc3c3cccc-2c31. The minimum absolute atomic E-state index is 0.156. The van der Waals surface area contributed by atoms with Crippen molar-refractivity contribution in [2.75, 3.05) is 0 Å². The zero-order chi connectivity index (χ0) is 22.1. The van der Waals surface area contributed by atoms with Crippen LogP contribution in [0.2, 0.25) is 0 Å². The fourth-order valence-electron chi connectivity index (χ4n) is 6.95. The van der Waals surface area contributed by atoms with Gasteiger partial charge in [0.1, 0.15) is 0 Å². The van der Waals surface area contributed by atoms with E-state index in [1.807, 2.05) is 0 Å². The smallest absolute Gasteiger partial charge is 0.333 e. The Hall–Kier alpha value is -4.24.